The number of ether oxygens (including phenoxy) is 2. The minimum absolute atomic E-state index is 0.0318. The van der Waals surface area contributed by atoms with Gasteiger partial charge in [-0.15, -0.1) is 0 Å². The largest absolute Gasteiger partial charge is 0.445 e. The number of nitrogens with one attached hydrogen (secondary N) is 1. The van der Waals surface area contributed by atoms with Crippen molar-refractivity contribution in [2.24, 2.45) is 11.3 Å². The third-order valence-electron chi connectivity index (χ3n) is 8.58. The molecule has 6 nitrogen and oxygen atoms in total. The number of anilines is 1. The van der Waals surface area contributed by atoms with Crippen molar-refractivity contribution in [3.8, 4) is 11.1 Å². The van der Waals surface area contributed by atoms with E-state index in [2.05, 4.69) is 71.4 Å². The van der Waals surface area contributed by atoms with E-state index >= 15 is 0 Å². The standard InChI is InChI=1S/C29H37N3O3/c1-29(2)18-23-17-22(20-3-6-24(7-4-20)32-13-15-34-16-14-32)5-8-25(23)27(29)30-28(33)35-26-19-31-11-9-21(26)10-12-31/h3-8,17,21,26-27H,9-16,18-19H2,1-2H3,(H,30,33)/t26-,27?/m0/s1. The van der Waals surface area contributed by atoms with Crippen LogP contribution in [-0.4, -0.2) is 63.0 Å². The number of morpholine rings is 1. The molecule has 1 aliphatic carbocycles. The molecule has 1 unspecified atom stereocenters. The van der Waals surface area contributed by atoms with Crippen molar-refractivity contribution in [1.29, 1.82) is 0 Å². The van der Waals surface area contributed by atoms with Gasteiger partial charge in [0.25, 0.3) is 0 Å². The minimum atomic E-state index is -0.266. The van der Waals surface area contributed by atoms with Crippen LogP contribution in [0, 0.1) is 11.3 Å². The Morgan fingerprint density at radius 2 is 1.71 bits per heavy atom. The number of fused-ring (bicyclic) bond motifs is 4. The fourth-order valence-corrected chi connectivity index (χ4v) is 6.53. The number of piperidine rings is 3. The molecule has 0 saturated carbocycles. The summed E-state index contributed by atoms with van der Waals surface area (Å²) in [6.45, 7) is 11.1. The summed E-state index contributed by atoms with van der Waals surface area (Å²) in [5, 5.41) is 3.24. The Morgan fingerprint density at radius 1 is 1.00 bits per heavy atom. The van der Waals surface area contributed by atoms with Crippen LogP contribution in [0.4, 0.5) is 10.5 Å². The van der Waals surface area contributed by atoms with E-state index in [9.17, 15) is 4.79 Å². The number of carbonyl (C=O) groups excluding carboxylic acids is 1. The number of alkyl carbamates (subject to hydrolysis) is 1. The number of benzene rings is 2. The first-order valence-corrected chi connectivity index (χ1v) is 13.2. The quantitative estimate of drug-likeness (QED) is 0.699. The van der Waals surface area contributed by atoms with Crippen LogP contribution in [0.25, 0.3) is 11.1 Å². The average molecular weight is 476 g/mol. The highest BCUT2D eigenvalue weighted by Gasteiger charge is 2.42. The topological polar surface area (TPSA) is 54.0 Å². The Kier molecular flexibility index (Phi) is 5.97. The van der Waals surface area contributed by atoms with Gasteiger partial charge in [-0.05, 0) is 78.1 Å². The Balaban J connectivity index is 1.15. The van der Waals surface area contributed by atoms with E-state index in [1.54, 1.807) is 0 Å². The Hall–Kier alpha value is -2.57. The van der Waals surface area contributed by atoms with Crippen LogP contribution >= 0.6 is 0 Å². The van der Waals surface area contributed by atoms with E-state index < -0.39 is 0 Å². The van der Waals surface area contributed by atoms with Crippen molar-refractivity contribution in [1.82, 2.24) is 10.2 Å². The van der Waals surface area contributed by atoms with Crippen LogP contribution < -0.4 is 10.2 Å². The van der Waals surface area contributed by atoms with Crippen molar-refractivity contribution in [2.75, 3.05) is 50.8 Å². The molecule has 1 N–H and O–H groups in total. The fraction of sp³-hybridized carbons (Fsp3) is 0.552. The van der Waals surface area contributed by atoms with E-state index in [0.29, 0.717) is 5.92 Å². The summed E-state index contributed by atoms with van der Waals surface area (Å²) in [4.78, 5) is 17.7. The van der Waals surface area contributed by atoms with Crippen molar-refractivity contribution in [3.05, 3.63) is 53.6 Å². The molecular weight excluding hydrogens is 438 g/mol. The maximum Gasteiger partial charge on any atom is 0.407 e. The third kappa shape index (κ3) is 4.54. The summed E-state index contributed by atoms with van der Waals surface area (Å²) in [6, 6.07) is 15.5. The molecule has 35 heavy (non-hydrogen) atoms. The summed E-state index contributed by atoms with van der Waals surface area (Å²) in [5.41, 5.74) is 6.18. The molecule has 6 heteroatoms. The second-order valence-corrected chi connectivity index (χ2v) is 11.4. The van der Waals surface area contributed by atoms with Crippen LogP contribution in [-0.2, 0) is 15.9 Å². The van der Waals surface area contributed by atoms with Crippen molar-refractivity contribution in [2.45, 2.75) is 45.3 Å². The van der Waals surface area contributed by atoms with Gasteiger partial charge in [0.05, 0.1) is 19.3 Å². The monoisotopic (exact) mass is 475 g/mol. The smallest absolute Gasteiger partial charge is 0.407 e. The second-order valence-electron chi connectivity index (χ2n) is 11.4. The first-order chi connectivity index (χ1) is 17.0. The number of hydrogen-bond acceptors (Lipinski definition) is 5. The number of rotatable bonds is 4. The van der Waals surface area contributed by atoms with E-state index in [4.69, 9.17) is 9.47 Å². The lowest BCUT2D eigenvalue weighted by Crippen LogP contribution is -2.53. The highest BCUT2D eigenvalue weighted by molar-refractivity contribution is 5.71. The lowest BCUT2D eigenvalue weighted by atomic mass is 9.85. The molecule has 2 atom stereocenters. The summed E-state index contributed by atoms with van der Waals surface area (Å²) < 4.78 is 11.4. The lowest BCUT2D eigenvalue weighted by molar-refractivity contribution is -0.0348. The number of amides is 1. The number of nitrogens with zero attached hydrogens (tertiary/aromatic N) is 2. The van der Waals surface area contributed by atoms with Crippen LogP contribution in [0.15, 0.2) is 42.5 Å². The van der Waals surface area contributed by atoms with E-state index in [1.807, 2.05) is 0 Å². The zero-order valence-electron chi connectivity index (χ0n) is 21.0. The molecule has 7 rings (SSSR count). The predicted octanol–water partition coefficient (Wildman–Crippen LogP) is 4.63. The Labute approximate surface area is 208 Å². The lowest BCUT2D eigenvalue weighted by Gasteiger charge is -2.44. The molecule has 0 radical (unpaired) electrons. The molecule has 4 saturated heterocycles. The molecule has 2 aromatic rings. The molecule has 2 bridgehead atoms. The van der Waals surface area contributed by atoms with Gasteiger partial charge in [-0.2, -0.15) is 0 Å². The SMILES string of the molecule is CC1(C)Cc2cc(-c3ccc(N4CCOCC4)cc3)ccc2C1NC(=O)O[C@H]1CN2CCC1CC2. The van der Waals surface area contributed by atoms with Crippen molar-refractivity contribution < 1.29 is 14.3 Å². The van der Waals surface area contributed by atoms with Crippen LogP contribution in [0.1, 0.15) is 43.9 Å². The van der Waals surface area contributed by atoms with Crippen LogP contribution in [0.5, 0.6) is 0 Å². The Bertz CT molecular complexity index is 1070. The van der Waals surface area contributed by atoms with E-state index in [0.717, 1.165) is 65.2 Å². The van der Waals surface area contributed by atoms with Gasteiger partial charge in [0.1, 0.15) is 6.10 Å². The number of carbonyl (C=O) groups is 1. The molecule has 5 aliphatic rings. The van der Waals surface area contributed by atoms with E-state index in [-0.39, 0.29) is 23.7 Å². The summed E-state index contributed by atoms with van der Waals surface area (Å²) in [5.74, 6) is 0.520. The number of hydrogen-bond donors (Lipinski definition) is 1. The maximum atomic E-state index is 12.9. The molecule has 0 spiro atoms. The zero-order chi connectivity index (χ0) is 24.0. The van der Waals surface area contributed by atoms with Gasteiger partial charge < -0.3 is 19.7 Å². The molecule has 4 fully saturated rings. The molecule has 186 valence electrons. The highest BCUT2D eigenvalue weighted by atomic mass is 16.6. The summed E-state index contributed by atoms with van der Waals surface area (Å²) >= 11 is 0. The van der Waals surface area contributed by atoms with Gasteiger partial charge in [0.2, 0.25) is 0 Å². The van der Waals surface area contributed by atoms with Gasteiger partial charge in [-0.1, -0.05) is 44.2 Å². The van der Waals surface area contributed by atoms with Gasteiger partial charge in [0, 0.05) is 25.3 Å². The van der Waals surface area contributed by atoms with Crippen LogP contribution in [0.3, 0.4) is 0 Å². The zero-order valence-corrected chi connectivity index (χ0v) is 21.0. The summed E-state index contributed by atoms with van der Waals surface area (Å²) in [6.07, 6.45) is 2.99. The normalized spacial score (nSPS) is 29.0. The van der Waals surface area contributed by atoms with Crippen LogP contribution in [0.2, 0.25) is 0 Å². The molecule has 4 aliphatic heterocycles. The van der Waals surface area contributed by atoms with E-state index in [1.165, 1.54) is 27.9 Å². The molecular formula is C29H37N3O3. The average Bonchev–Trinajstić information content (AvgIpc) is 3.13. The first-order valence-electron chi connectivity index (χ1n) is 13.2. The third-order valence-corrected chi connectivity index (χ3v) is 8.58. The first kappa shape index (κ1) is 22.9. The Morgan fingerprint density at radius 3 is 2.40 bits per heavy atom. The maximum absolute atomic E-state index is 12.9. The van der Waals surface area contributed by atoms with Crippen molar-refractivity contribution in [3.63, 3.8) is 0 Å². The molecule has 2 aromatic carbocycles. The molecule has 0 aromatic heterocycles. The minimum Gasteiger partial charge on any atom is -0.445 e. The molecule has 4 heterocycles. The summed E-state index contributed by atoms with van der Waals surface area (Å²) in [7, 11) is 0. The predicted molar refractivity (Wildman–Crippen MR) is 138 cm³/mol. The van der Waals surface area contributed by atoms with Gasteiger partial charge >= 0.3 is 6.09 Å². The van der Waals surface area contributed by atoms with Gasteiger partial charge in [-0.3, -0.25) is 4.90 Å². The van der Waals surface area contributed by atoms with Gasteiger partial charge in [-0.25, -0.2) is 4.79 Å². The highest BCUT2D eigenvalue weighted by Crippen LogP contribution is 2.46. The van der Waals surface area contributed by atoms with Gasteiger partial charge in [0.15, 0.2) is 0 Å². The fourth-order valence-electron chi connectivity index (χ4n) is 6.53. The van der Waals surface area contributed by atoms with Crippen molar-refractivity contribution >= 4 is 11.8 Å². The second kappa shape index (κ2) is 9.14. The molecule has 1 amide bonds.